The fraction of sp³-hybridized carbons (Fsp3) is 0.761. The minimum absolute atomic E-state index is 0.0740. The number of hydrogen-bond acceptors (Lipinski definition) is 3. The number of carbonyl (C=O) groups is 1. The molecule has 4 nitrogen and oxygen atoms in total. The van der Waals surface area contributed by atoms with Gasteiger partial charge in [0.25, 0.3) is 0 Å². The first-order chi connectivity index (χ1) is 37.2. The summed E-state index contributed by atoms with van der Waals surface area (Å²) in [5, 5.41) is 23.2. The zero-order valence-electron chi connectivity index (χ0n) is 50.1. The third-order valence-electron chi connectivity index (χ3n) is 14.8. The normalized spacial score (nSPS) is 13.4. The van der Waals surface area contributed by atoms with E-state index in [1.54, 1.807) is 6.08 Å². The molecule has 0 bridgehead atoms. The lowest BCUT2D eigenvalue weighted by Crippen LogP contribution is -2.45. The molecule has 0 aromatic rings. The summed E-state index contributed by atoms with van der Waals surface area (Å²) < 4.78 is 0. The van der Waals surface area contributed by atoms with E-state index in [-0.39, 0.29) is 12.5 Å². The van der Waals surface area contributed by atoms with E-state index >= 15 is 0 Å². The van der Waals surface area contributed by atoms with Gasteiger partial charge in [-0.25, -0.2) is 0 Å². The van der Waals surface area contributed by atoms with E-state index in [4.69, 9.17) is 0 Å². The maximum Gasteiger partial charge on any atom is 0.220 e. The summed E-state index contributed by atoms with van der Waals surface area (Å²) in [7, 11) is 0. The topological polar surface area (TPSA) is 69.6 Å². The lowest BCUT2D eigenvalue weighted by atomic mass is 10.0. The second kappa shape index (κ2) is 65.6. The average Bonchev–Trinajstić information content (AvgIpc) is 3.41. The Morgan fingerprint density at radius 1 is 0.333 bits per heavy atom. The quantitative estimate of drug-likeness (QED) is 0.0420. The van der Waals surface area contributed by atoms with E-state index in [9.17, 15) is 15.0 Å². The Kier molecular flexibility index (Phi) is 63.2. The minimum Gasteiger partial charge on any atom is -0.394 e. The highest BCUT2D eigenvalue weighted by Gasteiger charge is 2.18. The van der Waals surface area contributed by atoms with Crippen LogP contribution in [0.1, 0.15) is 328 Å². The van der Waals surface area contributed by atoms with Crippen LogP contribution in [0.3, 0.4) is 0 Å². The Labute approximate surface area is 468 Å². The van der Waals surface area contributed by atoms with Crippen LogP contribution < -0.4 is 5.32 Å². The Bertz CT molecular complexity index is 1370. The fourth-order valence-electron chi connectivity index (χ4n) is 9.85. The maximum atomic E-state index is 12.5. The number of unbranched alkanes of at least 4 members (excludes halogenated alkanes) is 39. The predicted octanol–water partition coefficient (Wildman–Crippen LogP) is 22.4. The van der Waals surface area contributed by atoms with Crippen molar-refractivity contribution in [1.29, 1.82) is 0 Å². The summed E-state index contributed by atoms with van der Waals surface area (Å²) in [5.41, 5.74) is 0. The number of carbonyl (C=O) groups excluding carboxylic acids is 1. The van der Waals surface area contributed by atoms with Crippen molar-refractivity contribution in [3.8, 4) is 0 Å². The molecule has 0 aromatic heterocycles. The van der Waals surface area contributed by atoms with Crippen molar-refractivity contribution in [2.45, 2.75) is 341 Å². The first-order valence-corrected chi connectivity index (χ1v) is 33.0. The fourth-order valence-corrected chi connectivity index (χ4v) is 9.85. The number of amides is 1. The van der Waals surface area contributed by atoms with Gasteiger partial charge in [-0.3, -0.25) is 4.79 Å². The number of nitrogens with one attached hydrogen (secondary N) is 1. The lowest BCUT2D eigenvalue weighted by Gasteiger charge is -2.19. The van der Waals surface area contributed by atoms with Crippen molar-refractivity contribution in [3.05, 3.63) is 97.2 Å². The summed E-state index contributed by atoms with van der Waals surface area (Å²) in [6.45, 7) is 4.21. The highest BCUT2D eigenvalue weighted by atomic mass is 16.3. The van der Waals surface area contributed by atoms with Gasteiger partial charge in [0.2, 0.25) is 5.91 Å². The highest BCUT2D eigenvalue weighted by Crippen LogP contribution is 2.18. The van der Waals surface area contributed by atoms with Gasteiger partial charge in [-0.05, 0) is 83.5 Å². The van der Waals surface area contributed by atoms with Crippen LogP contribution in [0.5, 0.6) is 0 Å². The summed E-state index contributed by atoms with van der Waals surface area (Å²) in [5.74, 6) is -0.0740. The molecule has 2 atom stereocenters. The Morgan fingerprint density at radius 3 is 0.933 bits per heavy atom. The number of rotatable bonds is 60. The zero-order valence-corrected chi connectivity index (χ0v) is 50.1. The third kappa shape index (κ3) is 62.0. The molecule has 1 amide bonds. The van der Waals surface area contributed by atoms with Gasteiger partial charge in [0.1, 0.15) is 0 Å². The van der Waals surface area contributed by atoms with Crippen molar-refractivity contribution < 1.29 is 15.0 Å². The molecular weight excluding hydrogens is 915 g/mol. The molecule has 434 valence electrons. The highest BCUT2D eigenvalue weighted by molar-refractivity contribution is 5.76. The molecule has 3 N–H and O–H groups in total. The van der Waals surface area contributed by atoms with Crippen LogP contribution in [0.15, 0.2) is 97.2 Å². The number of allylic oxidation sites excluding steroid dienone is 15. The molecule has 0 rings (SSSR count). The third-order valence-corrected chi connectivity index (χ3v) is 14.8. The molecule has 75 heavy (non-hydrogen) atoms. The van der Waals surface area contributed by atoms with Crippen molar-refractivity contribution >= 4 is 5.91 Å². The van der Waals surface area contributed by atoms with Gasteiger partial charge >= 0.3 is 0 Å². The van der Waals surface area contributed by atoms with Gasteiger partial charge in [-0.2, -0.15) is 0 Å². The SMILES string of the molecule is CC/C=C\C/C=C\C/C=C\C/C=C\C/C=C\C/C=C\CCCCCCCCCCCCCCCCC(=O)NC(CO)C(O)/C=C/CC/C=C/CCCCCCCCCCCCCCCCCCCCCCCCCC. The van der Waals surface area contributed by atoms with Gasteiger partial charge in [0.05, 0.1) is 18.8 Å². The van der Waals surface area contributed by atoms with E-state index in [1.165, 1.54) is 238 Å². The smallest absolute Gasteiger partial charge is 0.220 e. The molecule has 0 aliphatic carbocycles. The van der Waals surface area contributed by atoms with Crippen LogP contribution in [0.2, 0.25) is 0 Å². The van der Waals surface area contributed by atoms with E-state index in [2.05, 4.69) is 104 Å². The summed E-state index contributed by atoms with van der Waals surface area (Å²) in [6.07, 6.45) is 97.6. The molecule has 0 fully saturated rings. The van der Waals surface area contributed by atoms with Gasteiger partial charge in [-0.1, -0.05) is 336 Å². The van der Waals surface area contributed by atoms with Crippen molar-refractivity contribution in [3.63, 3.8) is 0 Å². The average molecular weight is 1040 g/mol. The van der Waals surface area contributed by atoms with Gasteiger partial charge < -0.3 is 15.5 Å². The van der Waals surface area contributed by atoms with Gasteiger partial charge in [0, 0.05) is 6.42 Å². The summed E-state index contributed by atoms with van der Waals surface area (Å²) in [4.78, 5) is 12.5. The summed E-state index contributed by atoms with van der Waals surface area (Å²) >= 11 is 0. The van der Waals surface area contributed by atoms with E-state index in [0.29, 0.717) is 6.42 Å². The summed E-state index contributed by atoms with van der Waals surface area (Å²) in [6, 6.07) is -0.646. The standard InChI is InChI=1S/C71H127NO3/c1-3-5-7-9-11-13-15-17-19-21-23-25-27-29-31-33-35-36-37-39-41-43-45-47-49-51-53-55-57-59-61-63-65-67-71(75)72-69(68-73)70(74)66-64-62-60-58-56-54-52-50-48-46-44-42-40-38-34-32-30-28-26-24-22-20-18-16-14-12-10-8-6-4-2/h5,7,11,13,17,19,23,25,29,31,35-36,56,58,64,66,69-70,73-74H,3-4,6,8-10,12,14-16,18,20-22,24,26-28,30,32-34,37-55,57,59-63,65,67-68H2,1-2H3,(H,72,75)/b7-5-,13-11-,19-17-,25-23-,31-29-,36-35-,58-56+,66-64+. The largest absolute Gasteiger partial charge is 0.394 e. The van der Waals surface area contributed by atoms with Gasteiger partial charge in [0.15, 0.2) is 0 Å². The Balaban J connectivity index is 3.52. The molecule has 2 unspecified atom stereocenters. The molecule has 0 radical (unpaired) electrons. The van der Waals surface area contributed by atoms with Crippen molar-refractivity contribution in [2.75, 3.05) is 6.61 Å². The Hall–Kier alpha value is -2.69. The van der Waals surface area contributed by atoms with E-state index in [0.717, 1.165) is 70.6 Å². The molecule has 0 aromatic carbocycles. The number of aliphatic hydroxyl groups is 2. The van der Waals surface area contributed by atoms with E-state index in [1.807, 2.05) is 6.08 Å². The monoisotopic (exact) mass is 1040 g/mol. The Morgan fingerprint density at radius 2 is 0.600 bits per heavy atom. The lowest BCUT2D eigenvalue weighted by molar-refractivity contribution is -0.123. The molecule has 0 aliphatic rings. The first-order valence-electron chi connectivity index (χ1n) is 33.0. The van der Waals surface area contributed by atoms with Crippen molar-refractivity contribution in [2.24, 2.45) is 0 Å². The molecule has 0 spiro atoms. The van der Waals surface area contributed by atoms with Gasteiger partial charge in [-0.15, -0.1) is 0 Å². The first kappa shape index (κ1) is 72.3. The maximum absolute atomic E-state index is 12.5. The second-order valence-corrected chi connectivity index (χ2v) is 22.1. The van der Waals surface area contributed by atoms with Crippen LogP contribution in [0.4, 0.5) is 0 Å². The molecule has 0 aliphatic heterocycles. The van der Waals surface area contributed by atoms with Crippen LogP contribution in [-0.2, 0) is 4.79 Å². The van der Waals surface area contributed by atoms with Crippen LogP contribution in [0, 0.1) is 0 Å². The molecule has 0 saturated carbocycles. The molecule has 0 heterocycles. The van der Waals surface area contributed by atoms with Crippen LogP contribution in [0.25, 0.3) is 0 Å². The van der Waals surface area contributed by atoms with Crippen LogP contribution >= 0.6 is 0 Å². The minimum atomic E-state index is -0.869. The second-order valence-electron chi connectivity index (χ2n) is 22.1. The molecule has 0 saturated heterocycles. The van der Waals surface area contributed by atoms with Crippen molar-refractivity contribution in [1.82, 2.24) is 5.32 Å². The van der Waals surface area contributed by atoms with Crippen LogP contribution in [-0.4, -0.2) is 34.9 Å². The van der Waals surface area contributed by atoms with E-state index < -0.39 is 12.1 Å². The zero-order chi connectivity index (χ0) is 54.1. The predicted molar refractivity (Wildman–Crippen MR) is 336 cm³/mol. The number of hydrogen-bond donors (Lipinski definition) is 3. The molecule has 4 heteroatoms. The number of aliphatic hydroxyl groups excluding tert-OH is 2. The molecular formula is C71H127NO3.